The van der Waals surface area contributed by atoms with Crippen molar-refractivity contribution in [3.05, 3.63) is 117 Å². The van der Waals surface area contributed by atoms with Crippen LogP contribution in [0.1, 0.15) is 133 Å². The van der Waals surface area contributed by atoms with Crippen molar-refractivity contribution < 1.29 is 0 Å². The summed E-state index contributed by atoms with van der Waals surface area (Å²) in [6.07, 6.45) is 38.7. The fourth-order valence-corrected chi connectivity index (χ4v) is 4.09. The first-order chi connectivity index (χ1) is 19.0. The van der Waals surface area contributed by atoms with Crippen molar-refractivity contribution in [1.82, 2.24) is 0 Å². The molecule has 0 unspecified atom stereocenters. The van der Waals surface area contributed by atoms with Gasteiger partial charge < -0.3 is 0 Å². The third kappa shape index (κ3) is 24.4. The lowest BCUT2D eigenvalue weighted by atomic mass is 10.0. The predicted molar refractivity (Wildman–Crippen MR) is 186 cm³/mol. The van der Waals surface area contributed by atoms with E-state index in [-0.39, 0.29) is 0 Å². The summed E-state index contributed by atoms with van der Waals surface area (Å²) in [5.74, 6) is 0. The van der Waals surface area contributed by atoms with Crippen LogP contribution >= 0.6 is 0 Å². The Morgan fingerprint density at radius 2 is 0.800 bits per heavy atom. The molecular weight excluding hydrogens is 480 g/mol. The maximum absolute atomic E-state index is 2.42. The maximum Gasteiger partial charge on any atom is -0.0285 e. The highest BCUT2D eigenvalue weighted by Crippen LogP contribution is 2.15. The van der Waals surface area contributed by atoms with E-state index in [1.54, 1.807) is 0 Å². The summed E-state index contributed by atoms with van der Waals surface area (Å²) in [6, 6.07) is 0. The molecule has 0 atom stereocenters. The van der Waals surface area contributed by atoms with Crippen LogP contribution in [-0.4, -0.2) is 0 Å². The highest BCUT2D eigenvalue weighted by atomic mass is 14.0. The Kier molecular flexibility index (Phi) is 22.6. The molecule has 0 N–H and O–H groups in total. The van der Waals surface area contributed by atoms with Gasteiger partial charge in [-0.15, -0.1) is 0 Å². The van der Waals surface area contributed by atoms with E-state index < -0.39 is 0 Å². The quantitative estimate of drug-likeness (QED) is 0.112. The van der Waals surface area contributed by atoms with Crippen molar-refractivity contribution in [2.75, 3.05) is 0 Å². The standard InChI is InChI=1S/C40H62/c1-11-34(4)31-32-40(10)30-18-29-39(9)27-16-24-36(6)21-13-12-20-35(5)23-15-26-38(8)28-17-25-37(7)22-14-19-33(2)3/h11-13,15,19-21,23,25-27,30H,14,16-18,22,24,28-29,31-32H2,1-10H3. The summed E-state index contributed by atoms with van der Waals surface area (Å²) in [5.41, 5.74) is 11.5. The van der Waals surface area contributed by atoms with Crippen molar-refractivity contribution in [2.24, 2.45) is 0 Å². The average molecular weight is 543 g/mol. The molecule has 0 aliphatic heterocycles. The second kappa shape index (κ2) is 24.2. The molecule has 0 heterocycles. The van der Waals surface area contributed by atoms with Crippen LogP contribution in [0.5, 0.6) is 0 Å². The minimum atomic E-state index is 1.12. The topological polar surface area (TPSA) is 0 Å². The van der Waals surface area contributed by atoms with E-state index in [2.05, 4.69) is 142 Å². The fourth-order valence-electron chi connectivity index (χ4n) is 4.09. The van der Waals surface area contributed by atoms with E-state index in [9.17, 15) is 0 Å². The molecule has 0 fully saturated rings. The molecule has 0 rings (SSSR count). The molecule has 0 spiro atoms. The van der Waals surface area contributed by atoms with Crippen molar-refractivity contribution in [1.29, 1.82) is 0 Å². The maximum atomic E-state index is 2.42. The molecule has 0 saturated carbocycles. The summed E-state index contributed by atoms with van der Waals surface area (Å²) in [6.45, 7) is 22.1. The van der Waals surface area contributed by atoms with Gasteiger partial charge in [-0.1, -0.05) is 117 Å². The largest absolute Gasteiger partial charge is 0.0887 e. The zero-order valence-corrected chi connectivity index (χ0v) is 28.0. The molecule has 0 heteroatoms. The molecule has 0 radical (unpaired) electrons. The van der Waals surface area contributed by atoms with Crippen molar-refractivity contribution in [3.8, 4) is 0 Å². The molecule has 0 aromatic rings. The van der Waals surface area contributed by atoms with E-state index in [1.807, 2.05) is 0 Å². The zero-order chi connectivity index (χ0) is 30.2. The third-order valence-electron chi connectivity index (χ3n) is 7.18. The molecule has 0 aliphatic carbocycles. The molecule has 40 heavy (non-hydrogen) atoms. The zero-order valence-electron chi connectivity index (χ0n) is 28.0. The van der Waals surface area contributed by atoms with Crippen LogP contribution < -0.4 is 0 Å². The minimum Gasteiger partial charge on any atom is -0.0887 e. The second-order valence-corrected chi connectivity index (χ2v) is 11.9. The third-order valence-corrected chi connectivity index (χ3v) is 7.18. The van der Waals surface area contributed by atoms with Gasteiger partial charge in [0, 0.05) is 0 Å². The molecule has 0 amide bonds. The van der Waals surface area contributed by atoms with E-state index in [1.165, 1.54) is 70.3 Å². The Balaban J connectivity index is 4.40. The molecule has 0 aromatic heterocycles. The van der Waals surface area contributed by atoms with Crippen LogP contribution in [-0.2, 0) is 0 Å². The highest BCUT2D eigenvalue weighted by molar-refractivity contribution is 5.27. The normalized spacial score (nSPS) is 15.1. The van der Waals surface area contributed by atoms with Crippen molar-refractivity contribution in [3.63, 3.8) is 0 Å². The van der Waals surface area contributed by atoms with Crippen LogP contribution in [0.3, 0.4) is 0 Å². The molecular formula is C40H62. The Hall–Kier alpha value is -2.60. The van der Waals surface area contributed by atoms with Crippen molar-refractivity contribution in [2.45, 2.75) is 133 Å². The van der Waals surface area contributed by atoms with Gasteiger partial charge in [0.15, 0.2) is 0 Å². The lowest BCUT2D eigenvalue weighted by Gasteiger charge is -2.03. The Morgan fingerprint density at radius 3 is 1.30 bits per heavy atom. The summed E-state index contributed by atoms with van der Waals surface area (Å²) in [7, 11) is 0. The number of hydrogen-bond acceptors (Lipinski definition) is 0. The van der Waals surface area contributed by atoms with E-state index in [4.69, 9.17) is 0 Å². The smallest absolute Gasteiger partial charge is 0.0285 e. The first kappa shape index (κ1) is 37.4. The van der Waals surface area contributed by atoms with Crippen LogP contribution in [0.25, 0.3) is 0 Å². The first-order valence-electron chi connectivity index (χ1n) is 15.6. The van der Waals surface area contributed by atoms with E-state index in [0.29, 0.717) is 0 Å². The van der Waals surface area contributed by atoms with Gasteiger partial charge in [0.2, 0.25) is 0 Å². The molecule has 0 saturated heterocycles. The fraction of sp³-hybridized carbons (Fsp3) is 0.500. The van der Waals surface area contributed by atoms with Crippen molar-refractivity contribution >= 4 is 0 Å². The summed E-state index contributed by atoms with van der Waals surface area (Å²) in [4.78, 5) is 0. The van der Waals surface area contributed by atoms with Gasteiger partial charge in [-0.3, -0.25) is 0 Å². The van der Waals surface area contributed by atoms with Crippen LogP contribution in [0, 0.1) is 0 Å². The molecule has 0 aliphatic rings. The summed E-state index contributed by atoms with van der Waals surface area (Å²) < 4.78 is 0. The SMILES string of the molecule is CC=C(C)CCC(C)=CCCC(C)=CCCC(C)=CC=CC=C(C)C=CC=C(C)CCC=C(C)CCC=C(C)C. The van der Waals surface area contributed by atoms with Gasteiger partial charge in [-0.05, 0) is 133 Å². The lowest BCUT2D eigenvalue weighted by Crippen LogP contribution is -1.83. The van der Waals surface area contributed by atoms with Crippen LogP contribution in [0.2, 0.25) is 0 Å². The molecule has 222 valence electrons. The predicted octanol–water partition coefficient (Wildman–Crippen LogP) is 13.6. The van der Waals surface area contributed by atoms with E-state index in [0.717, 1.165) is 38.5 Å². The van der Waals surface area contributed by atoms with Gasteiger partial charge in [-0.2, -0.15) is 0 Å². The molecule has 0 aromatic carbocycles. The van der Waals surface area contributed by atoms with Gasteiger partial charge >= 0.3 is 0 Å². The van der Waals surface area contributed by atoms with Gasteiger partial charge in [0.1, 0.15) is 0 Å². The first-order valence-corrected chi connectivity index (χ1v) is 15.6. The minimum absolute atomic E-state index is 1.12. The van der Waals surface area contributed by atoms with Gasteiger partial charge in [0.05, 0.1) is 0 Å². The molecule has 0 nitrogen and oxygen atoms in total. The Bertz CT molecular complexity index is 1010. The number of hydrogen-bond donors (Lipinski definition) is 0. The number of allylic oxidation sites excluding steroid dienone is 20. The number of rotatable bonds is 19. The van der Waals surface area contributed by atoms with Crippen LogP contribution in [0.4, 0.5) is 0 Å². The summed E-state index contributed by atoms with van der Waals surface area (Å²) in [5, 5.41) is 0. The van der Waals surface area contributed by atoms with Crippen LogP contribution in [0.15, 0.2) is 117 Å². The Morgan fingerprint density at radius 1 is 0.400 bits per heavy atom. The summed E-state index contributed by atoms with van der Waals surface area (Å²) >= 11 is 0. The Labute approximate surface area is 250 Å². The second-order valence-electron chi connectivity index (χ2n) is 11.9. The average Bonchev–Trinajstić information content (AvgIpc) is 2.89. The van der Waals surface area contributed by atoms with Gasteiger partial charge in [0.25, 0.3) is 0 Å². The monoisotopic (exact) mass is 542 g/mol. The lowest BCUT2D eigenvalue weighted by molar-refractivity contribution is 0.885. The molecule has 0 bridgehead atoms. The highest BCUT2D eigenvalue weighted by Gasteiger charge is 1.95. The van der Waals surface area contributed by atoms with Gasteiger partial charge in [-0.25, -0.2) is 0 Å². The van der Waals surface area contributed by atoms with E-state index >= 15 is 0 Å².